The first kappa shape index (κ1) is 13.3. The van der Waals surface area contributed by atoms with Gasteiger partial charge >= 0.3 is 0 Å². The molecule has 6 nitrogen and oxygen atoms in total. The quantitative estimate of drug-likeness (QED) is 0.485. The van der Waals surface area contributed by atoms with Crippen LogP contribution < -0.4 is 0 Å². The Morgan fingerprint density at radius 2 is 2.24 bits per heavy atom. The second kappa shape index (κ2) is 6.09. The smallest absolute Gasteiger partial charge is 0.106 e. The van der Waals surface area contributed by atoms with Crippen LogP contribution in [0.3, 0.4) is 0 Å². The highest BCUT2D eigenvalue weighted by atomic mass is 35.5. The van der Waals surface area contributed by atoms with Gasteiger partial charge in [-0.15, -0.1) is 0 Å². The third-order valence-corrected chi connectivity index (χ3v) is 2.48. The molecule has 1 rings (SSSR count). The van der Waals surface area contributed by atoms with E-state index in [9.17, 15) is 10.2 Å². The number of nitrogens with zero attached hydrogens (tertiary/aromatic N) is 4. The average molecular weight is 253 g/mol. The van der Waals surface area contributed by atoms with Crippen molar-refractivity contribution in [3.05, 3.63) is 44.8 Å². The molecule has 7 heteroatoms. The molecule has 2 unspecified atom stereocenters. The van der Waals surface area contributed by atoms with Gasteiger partial charge in [-0.3, -0.25) is 0 Å². The number of azide groups is 1. The Kier molecular flexibility index (Phi) is 4.76. The number of hydrogen-bond acceptors (Lipinski definition) is 4. The Labute approximate surface area is 102 Å². The monoisotopic (exact) mass is 252 g/mol. The number of aliphatic hydroxyl groups excluding tert-OH is 2. The van der Waals surface area contributed by atoms with E-state index in [-0.39, 0.29) is 17.1 Å². The van der Waals surface area contributed by atoms with E-state index in [1.807, 2.05) is 6.07 Å². The SMILES string of the molecule is N#Cc1ccc(Cl)c(C(O)C(O)CN=[N+]=[N-])c1. The topological polar surface area (TPSA) is 113 Å². The van der Waals surface area contributed by atoms with E-state index in [2.05, 4.69) is 10.0 Å². The first-order valence-electron chi connectivity index (χ1n) is 4.66. The summed E-state index contributed by atoms with van der Waals surface area (Å²) in [5.41, 5.74) is 8.65. The Morgan fingerprint density at radius 3 is 2.82 bits per heavy atom. The minimum absolute atomic E-state index is 0.228. The van der Waals surface area contributed by atoms with E-state index in [1.54, 1.807) is 0 Å². The van der Waals surface area contributed by atoms with E-state index in [0.29, 0.717) is 5.56 Å². The Balaban J connectivity index is 2.98. The maximum absolute atomic E-state index is 9.79. The zero-order valence-corrected chi connectivity index (χ0v) is 9.41. The second-order valence-corrected chi connectivity index (χ2v) is 3.68. The molecule has 0 amide bonds. The molecule has 88 valence electrons. The minimum atomic E-state index is -1.30. The number of halogens is 1. The molecule has 2 atom stereocenters. The number of benzene rings is 1. The second-order valence-electron chi connectivity index (χ2n) is 3.27. The lowest BCUT2D eigenvalue weighted by molar-refractivity contribution is 0.0244. The molecular weight excluding hydrogens is 244 g/mol. The third-order valence-electron chi connectivity index (χ3n) is 2.14. The van der Waals surface area contributed by atoms with Gasteiger partial charge in [0.15, 0.2) is 0 Å². The van der Waals surface area contributed by atoms with Crippen LogP contribution in [0.25, 0.3) is 10.4 Å². The van der Waals surface area contributed by atoms with Gasteiger partial charge in [0.1, 0.15) is 6.10 Å². The van der Waals surface area contributed by atoms with Crippen molar-refractivity contribution < 1.29 is 10.2 Å². The molecule has 0 heterocycles. The first-order valence-corrected chi connectivity index (χ1v) is 5.04. The van der Waals surface area contributed by atoms with Crippen LogP contribution in [-0.4, -0.2) is 22.9 Å². The Morgan fingerprint density at radius 1 is 1.53 bits per heavy atom. The van der Waals surface area contributed by atoms with Gasteiger partial charge in [0.05, 0.1) is 24.3 Å². The van der Waals surface area contributed by atoms with Crippen molar-refractivity contribution in [1.29, 1.82) is 5.26 Å². The molecule has 0 spiro atoms. The highest BCUT2D eigenvalue weighted by Crippen LogP contribution is 2.26. The predicted octanol–water partition coefficient (Wildman–Crippen LogP) is 1.92. The maximum Gasteiger partial charge on any atom is 0.106 e. The first-order chi connectivity index (χ1) is 8.10. The van der Waals surface area contributed by atoms with Gasteiger partial charge in [-0.1, -0.05) is 16.7 Å². The van der Waals surface area contributed by atoms with Crippen LogP contribution >= 0.6 is 11.6 Å². The highest BCUT2D eigenvalue weighted by molar-refractivity contribution is 6.31. The molecule has 0 fully saturated rings. The van der Waals surface area contributed by atoms with Crippen LogP contribution in [0.5, 0.6) is 0 Å². The summed E-state index contributed by atoms with van der Waals surface area (Å²) < 4.78 is 0. The van der Waals surface area contributed by atoms with Crippen LogP contribution in [0, 0.1) is 11.3 Å². The van der Waals surface area contributed by atoms with E-state index in [0.717, 1.165) is 0 Å². The summed E-state index contributed by atoms with van der Waals surface area (Å²) in [6.07, 6.45) is -2.57. The van der Waals surface area contributed by atoms with Crippen molar-refractivity contribution in [2.24, 2.45) is 5.11 Å². The summed E-state index contributed by atoms with van der Waals surface area (Å²) in [7, 11) is 0. The van der Waals surface area contributed by atoms with Gasteiger partial charge < -0.3 is 10.2 Å². The molecule has 17 heavy (non-hydrogen) atoms. The van der Waals surface area contributed by atoms with Gasteiger partial charge in [-0.2, -0.15) is 5.26 Å². The van der Waals surface area contributed by atoms with E-state index < -0.39 is 12.2 Å². The molecule has 0 bridgehead atoms. The molecule has 0 radical (unpaired) electrons. The largest absolute Gasteiger partial charge is 0.390 e. The van der Waals surface area contributed by atoms with Gasteiger partial charge in [0, 0.05) is 15.5 Å². The summed E-state index contributed by atoms with van der Waals surface area (Å²) in [5.74, 6) is 0. The van der Waals surface area contributed by atoms with Crippen molar-refractivity contribution in [1.82, 2.24) is 0 Å². The lowest BCUT2D eigenvalue weighted by Crippen LogP contribution is -2.21. The van der Waals surface area contributed by atoms with Crippen molar-refractivity contribution in [3.63, 3.8) is 0 Å². The molecule has 0 aliphatic rings. The standard InChI is InChI=1S/C10H9ClN4O2/c11-8-2-1-6(4-12)3-7(8)10(17)9(16)5-14-15-13/h1-3,9-10,16-17H,5H2. The molecule has 0 saturated heterocycles. The fraction of sp³-hybridized carbons (Fsp3) is 0.300. The fourth-order valence-electron chi connectivity index (χ4n) is 1.27. The Bertz CT molecular complexity index is 494. The fourth-order valence-corrected chi connectivity index (χ4v) is 1.50. The van der Waals surface area contributed by atoms with Gasteiger partial charge in [-0.25, -0.2) is 0 Å². The lowest BCUT2D eigenvalue weighted by atomic mass is 10.0. The van der Waals surface area contributed by atoms with Crippen molar-refractivity contribution in [2.75, 3.05) is 6.54 Å². The van der Waals surface area contributed by atoms with Crippen LogP contribution in [-0.2, 0) is 0 Å². The van der Waals surface area contributed by atoms with Crippen molar-refractivity contribution in [2.45, 2.75) is 12.2 Å². The third kappa shape index (κ3) is 3.34. The van der Waals surface area contributed by atoms with Gasteiger partial charge in [-0.05, 0) is 23.7 Å². The molecule has 1 aromatic carbocycles. The normalized spacial score (nSPS) is 13.3. The minimum Gasteiger partial charge on any atom is -0.390 e. The van der Waals surface area contributed by atoms with Gasteiger partial charge in [0.2, 0.25) is 0 Å². The van der Waals surface area contributed by atoms with Crippen LogP contribution in [0.1, 0.15) is 17.2 Å². The molecule has 0 aromatic heterocycles. The zero-order chi connectivity index (χ0) is 12.8. The van der Waals surface area contributed by atoms with Crippen molar-refractivity contribution in [3.8, 4) is 6.07 Å². The van der Waals surface area contributed by atoms with E-state index in [1.165, 1.54) is 18.2 Å². The number of aliphatic hydroxyl groups is 2. The average Bonchev–Trinajstić information content (AvgIpc) is 2.35. The molecule has 1 aromatic rings. The van der Waals surface area contributed by atoms with Crippen molar-refractivity contribution >= 4 is 11.6 Å². The van der Waals surface area contributed by atoms with E-state index >= 15 is 0 Å². The summed E-state index contributed by atoms with van der Waals surface area (Å²) in [6.45, 7) is -0.273. The predicted molar refractivity (Wildman–Crippen MR) is 61.1 cm³/mol. The Hall–Kier alpha value is -1.77. The van der Waals surface area contributed by atoms with E-state index in [4.69, 9.17) is 22.4 Å². The lowest BCUT2D eigenvalue weighted by Gasteiger charge is -2.17. The summed E-state index contributed by atoms with van der Waals surface area (Å²) in [6, 6.07) is 6.24. The van der Waals surface area contributed by atoms with Crippen LogP contribution in [0.2, 0.25) is 5.02 Å². The molecule has 0 aliphatic carbocycles. The molecular formula is C10H9ClN4O2. The number of hydrogen-bond donors (Lipinski definition) is 2. The molecule has 2 N–H and O–H groups in total. The molecule has 0 aliphatic heterocycles. The van der Waals surface area contributed by atoms with Crippen LogP contribution in [0.4, 0.5) is 0 Å². The zero-order valence-electron chi connectivity index (χ0n) is 8.66. The summed E-state index contributed by atoms with van der Waals surface area (Å²) in [5, 5.41) is 31.4. The summed E-state index contributed by atoms with van der Waals surface area (Å²) >= 11 is 5.84. The summed E-state index contributed by atoms with van der Waals surface area (Å²) in [4.78, 5) is 2.48. The van der Waals surface area contributed by atoms with Crippen LogP contribution in [0.15, 0.2) is 23.3 Å². The maximum atomic E-state index is 9.79. The number of rotatable bonds is 4. The molecule has 0 saturated carbocycles. The van der Waals surface area contributed by atoms with Gasteiger partial charge in [0.25, 0.3) is 0 Å². The highest BCUT2D eigenvalue weighted by Gasteiger charge is 2.20. The number of nitriles is 1.